The Bertz CT molecular complexity index is 225. The van der Waals surface area contributed by atoms with Gasteiger partial charge in [-0.3, -0.25) is 4.99 Å². The molecule has 0 aromatic rings. The molecule has 0 heterocycles. The highest BCUT2D eigenvalue weighted by atomic mass is 32.2. The molecular weight excluding hydrogens is 202 g/mol. The highest BCUT2D eigenvalue weighted by Crippen LogP contribution is 2.19. The van der Waals surface area contributed by atoms with Gasteiger partial charge in [0, 0.05) is 5.70 Å². The van der Waals surface area contributed by atoms with E-state index in [1.54, 1.807) is 0 Å². The van der Waals surface area contributed by atoms with E-state index in [-0.39, 0.29) is 10.9 Å². The van der Waals surface area contributed by atoms with E-state index in [9.17, 15) is 0 Å². The first-order valence-electron chi connectivity index (χ1n) is 5.90. The summed E-state index contributed by atoms with van der Waals surface area (Å²) in [4.78, 5) is 4.62. The average Bonchev–Trinajstić information content (AvgIpc) is 2.19. The maximum atomic E-state index is 4.62. The van der Waals surface area contributed by atoms with Gasteiger partial charge in [0.15, 0.2) is 0 Å². The maximum Gasteiger partial charge on any atom is 0.0503 e. The SMILES string of the molecule is CCC(CC)CC=C(C)N=C(C)[SH](C)C. The molecule has 0 aliphatic heterocycles. The van der Waals surface area contributed by atoms with Crippen LogP contribution in [0.1, 0.15) is 47.0 Å². The zero-order chi connectivity index (χ0) is 11.8. The quantitative estimate of drug-likeness (QED) is 0.408. The lowest BCUT2D eigenvalue weighted by Crippen LogP contribution is -1.95. The van der Waals surface area contributed by atoms with Crippen LogP contribution in [-0.4, -0.2) is 17.6 Å². The Morgan fingerprint density at radius 2 is 1.73 bits per heavy atom. The van der Waals surface area contributed by atoms with Crippen LogP contribution in [0.5, 0.6) is 0 Å². The Morgan fingerprint density at radius 1 is 1.20 bits per heavy atom. The van der Waals surface area contributed by atoms with Crippen LogP contribution in [0.2, 0.25) is 0 Å². The van der Waals surface area contributed by atoms with Crippen molar-refractivity contribution in [3.8, 4) is 0 Å². The monoisotopic (exact) mass is 229 g/mol. The number of thiol groups is 1. The van der Waals surface area contributed by atoms with Crippen molar-refractivity contribution in [3.63, 3.8) is 0 Å². The molecule has 0 N–H and O–H groups in total. The topological polar surface area (TPSA) is 12.4 Å². The predicted octanol–water partition coefficient (Wildman–Crippen LogP) is 4.40. The molecule has 0 bridgehead atoms. The smallest absolute Gasteiger partial charge is 0.0503 e. The molecule has 0 fully saturated rings. The molecule has 0 atom stereocenters. The first-order valence-corrected chi connectivity index (χ1v) is 8.14. The molecule has 0 radical (unpaired) electrons. The fraction of sp³-hybridized carbons (Fsp3) is 0.769. The minimum atomic E-state index is -0.0183. The Hall–Kier alpha value is -0.240. The van der Waals surface area contributed by atoms with E-state index in [2.05, 4.69) is 51.3 Å². The van der Waals surface area contributed by atoms with Crippen molar-refractivity contribution in [2.45, 2.75) is 47.0 Å². The number of hydrogen-bond acceptors (Lipinski definition) is 1. The summed E-state index contributed by atoms with van der Waals surface area (Å²) in [6.07, 6.45) is 10.5. The second-order valence-corrected chi connectivity index (χ2v) is 6.75. The average molecular weight is 229 g/mol. The van der Waals surface area contributed by atoms with E-state index < -0.39 is 0 Å². The van der Waals surface area contributed by atoms with Crippen LogP contribution >= 0.6 is 10.9 Å². The van der Waals surface area contributed by atoms with Gasteiger partial charge in [0.1, 0.15) is 0 Å². The third kappa shape index (κ3) is 6.77. The molecule has 0 rings (SSSR count). The van der Waals surface area contributed by atoms with Crippen molar-refractivity contribution >= 4 is 15.9 Å². The molecule has 0 unspecified atom stereocenters. The Balaban J connectivity index is 4.26. The van der Waals surface area contributed by atoms with Crippen LogP contribution in [0, 0.1) is 5.92 Å². The van der Waals surface area contributed by atoms with Gasteiger partial charge in [0.05, 0.1) is 5.04 Å². The summed E-state index contributed by atoms with van der Waals surface area (Å²) < 4.78 is 0. The lowest BCUT2D eigenvalue weighted by Gasteiger charge is -2.10. The Labute approximate surface area is 98.4 Å². The van der Waals surface area contributed by atoms with Gasteiger partial charge in [0.2, 0.25) is 0 Å². The first-order chi connectivity index (χ1) is 7.01. The van der Waals surface area contributed by atoms with E-state index in [1.807, 2.05) is 0 Å². The van der Waals surface area contributed by atoms with Crippen LogP contribution in [-0.2, 0) is 0 Å². The van der Waals surface area contributed by atoms with Gasteiger partial charge in [-0.25, -0.2) is 10.9 Å². The molecule has 0 aliphatic rings. The van der Waals surface area contributed by atoms with Crippen molar-refractivity contribution in [2.24, 2.45) is 10.9 Å². The molecule has 0 aliphatic carbocycles. The second kappa shape index (κ2) is 7.98. The third-order valence-corrected chi connectivity index (χ3v) is 4.28. The van der Waals surface area contributed by atoms with Crippen molar-refractivity contribution in [3.05, 3.63) is 11.8 Å². The summed E-state index contributed by atoms with van der Waals surface area (Å²) in [5.41, 5.74) is 1.19. The van der Waals surface area contributed by atoms with E-state index in [0.29, 0.717) is 0 Å². The molecule has 90 valence electrons. The largest absolute Gasteiger partial charge is 0.254 e. The third-order valence-electron chi connectivity index (χ3n) is 2.89. The summed E-state index contributed by atoms with van der Waals surface area (Å²) in [6, 6.07) is 0. The number of hydrogen-bond donors (Lipinski definition) is 1. The molecule has 0 saturated heterocycles. The summed E-state index contributed by atoms with van der Waals surface area (Å²) in [7, 11) is -0.0183. The van der Waals surface area contributed by atoms with Gasteiger partial charge in [-0.2, -0.15) is 0 Å². The minimum Gasteiger partial charge on any atom is -0.254 e. The van der Waals surface area contributed by atoms with E-state index in [4.69, 9.17) is 0 Å². The fourth-order valence-corrected chi connectivity index (χ4v) is 1.72. The van der Waals surface area contributed by atoms with Gasteiger partial charge in [-0.05, 0) is 38.7 Å². The number of nitrogens with zero attached hydrogens (tertiary/aromatic N) is 1. The highest BCUT2D eigenvalue weighted by Gasteiger charge is 2.00. The van der Waals surface area contributed by atoms with Crippen LogP contribution in [0.15, 0.2) is 16.8 Å². The Kier molecular flexibility index (Phi) is 7.85. The molecule has 0 aromatic carbocycles. The lowest BCUT2D eigenvalue weighted by atomic mass is 9.99. The van der Waals surface area contributed by atoms with Crippen molar-refractivity contribution in [1.82, 2.24) is 0 Å². The van der Waals surface area contributed by atoms with Crippen LogP contribution in [0.3, 0.4) is 0 Å². The Morgan fingerprint density at radius 3 is 2.13 bits per heavy atom. The normalized spacial score (nSPS) is 14.7. The summed E-state index contributed by atoms with van der Waals surface area (Å²) >= 11 is 0. The lowest BCUT2D eigenvalue weighted by molar-refractivity contribution is 0.498. The van der Waals surface area contributed by atoms with Gasteiger partial charge < -0.3 is 0 Å². The van der Waals surface area contributed by atoms with Gasteiger partial charge >= 0.3 is 0 Å². The second-order valence-electron chi connectivity index (χ2n) is 4.32. The van der Waals surface area contributed by atoms with Crippen LogP contribution in [0.4, 0.5) is 0 Å². The van der Waals surface area contributed by atoms with E-state index in [0.717, 1.165) is 5.92 Å². The molecular formula is C13H27NS. The van der Waals surface area contributed by atoms with Gasteiger partial charge in [-0.15, -0.1) is 0 Å². The molecule has 15 heavy (non-hydrogen) atoms. The summed E-state index contributed by atoms with van der Waals surface area (Å²) in [5.74, 6) is 0.834. The molecule has 0 saturated carbocycles. The van der Waals surface area contributed by atoms with Gasteiger partial charge in [-0.1, -0.05) is 32.8 Å². The van der Waals surface area contributed by atoms with Crippen LogP contribution < -0.4 is 0 Å². The van der Waals surface area contributed by atoms with Crippen molar-refractivity contribution in [1.29, 1.82) is 0 Å². The number of aliphatic imine (C=N–C) groups is 1. The maximum absolute atomic E-state index is 4.62. The summed E-state index contributed by atoms with van der Waals surface area (Å²) in [6.45, 7) is 8.79. The summed E-state index contributed by atoms with van der Waals surface area (Å²) in [5, 5.41) is 1.29. The van der Waals surface area contributed by atoms with Crippen molar-refractivity contribution < 1.29 is 0 Å². The molecule has 0 spiro atoms. The number of rotatable bonds is 5. The van der Waals surface area contributed by atoms with Crippen LogP contribution in [0.25, 0.3) is 0 Å². The molecule has 1 nitrogen and oxygen atoms in total. The minimum absolute atomic E-state index is 0.0183. The van der Waals surface area contributed by atoms with E-state index >= 15 is 0 Å². The van der Waals surface area contributed by atoms with Crippen molar-refractivity contribution in [2.75, 3.05) is 12.5 Å². The number of allylic oxidation sites excluding steroid dienone is 2. The molecule has 0 aromatic heterocycles. The van der Waals surface area contributed by atoms with Gasteiger partial charge in [0.25, 0.3) is 0 Å². The van der Waals surface area contributed by atoms with E-state index in [1.165, 1.54) is 30.0 Å². The molecule has 2 heteroatoms. The zero-order valence-electron chi connectivity index (χ0n) is 11.2. The standard InChI is InChI=1S/C13H27NS/c1-7-13(8-2)10-9-11(3)14-12(4)15(5)6/h9,13,15H,7-8,10H2,1-6H3. The fourth-order valence-electron chi connectivity index (χ4n) is 1.36. The first kappa shape index (κ1) is 14.8. The predicted molar refractivity (Wildman–Crippen MR) is 76.4 cm³/mol. The molecule has 0 amide bonds. The zero-order valence-corrected chi connectivity index (χ0v) is 12.1. The highest BCUT2D eigenvalue weighted by molar-refractivity contribution is 8.28.